The van der Waals surface area contributed by atoms with Crippen molar-refractivity contribution in [3.05, 3.63) is 42.0 Å². The Bertz CT molecular complexity index is 876. The molecule has 0 radical (unpaired) electrons. The Morgan fingerprint density at radius 2 is 1.77 bits per heavy atom. The highest BCUT2D eigenvalue weighted by Crippen LogP contribution is 2.33. The Morgan fingerprint density at radius 3 is 2.50 bits per heavy atom. The third-order valence-corrected chi connectivity index (χ3v) is 4.22. The second kappa shape index (κ2) is 9.61. The number of anilines is 1. The maximum absolute atomic E-state index is 12.0. The molecule has 0 aliphatic carbocycles. The average Bonchev–Trinajstić information content (AvgIpc) is 2.70. The summed E-state index contributed by atoms with van der Waals surface area (Å²) >= 11 is 0. The molecule has 0 saturated carbocycles. The van der Waals surface area contributed by atoms with Gasteiger partial charge in [-0.15, -0.1) is 0 Å². The lowest BCUT2D eigenvalue weighted by molar-refractivity contribution is -0.124. The summed E-state index contributed by atoms with van der Waals surface area (Å²) in [6, 6.07) is 11.5. The van der Waals surface area contributed by atoms with Crippen molar-refractivity contribution in [1.82, 2.24) is 5.32 Å². The van der Waals surface area contributed by atoms with E-state index in [2.05, 4.69) is 10.6 Å². The van der Waals surface area contributed by atoms with E-state index in [0.29, 0.717) is 37.9 Å². The SMILES string of the molecule is CCOc1cc(CNc2ccc3c(c2)OCCO3)ccc1OCC(=O)NC(C)(C)C. The maximum atomic E-state index is 12.0. The molecule has 0 bridgehead atoms. The van der Waals surface area contributed by atoms with Gasteiger partial charge in [-0.25, -0.2) is 0 Å². The highest BCUT2D eigenvalue weighted by atomic mass is 16.6. The molecule has 0 unspecified atom stereocenters. The summed E-state index contributed by atoms with van der Waals surface area (Å²) in [6.45, 7) is 9.88. The number of hydrogen-bond acceptors (Lipinski definition) is 6. The van der Waals surface area contributed by atoms with Crippen molar-refractivity contribution in [3.63, 3.8) is 0 Å². The zero-order valence-electron chi connectivity index (χ0n) is 18.0. The van der Waals surface area contributed by atoms with Gasteiger partial charge in [-0.1, -0.05) is 6.07 Å². The lowest BCUT2D eigenvalue weighted by Gasteiger charge is -2.21. The first-order valence-corrected chi connectivity index (χ1v) is 10.2. The molecule has 1 aliphatic heterocycles. The summed E-state index contributed by atoms with van der Waals surface area (Å²) < 4.78 is 22.6. The van der Waals surface area contributed by atoms with Crippen LogP contribution in [0.2, 0.25) is 0 Å². The van der Waals surface area contributed by atoms with Crippen molar-refractivity contribution in [2.75, 3.05) is 31.7 Å². The molecular formula is C23H30N2O5. The van der Waals surface area contributed by atoms with Crippen LogP contribution >= 0.6 is 0 Å². The van der Waals surface area contributed by atoms with Crippen LogP contribution in [0.25, 0.3) is 0 Å². The molecule has 1 heterocycles. The first-order chi connectivity index (χ1) is 14.3. The molecule has 7 heteroatoms. The molecule has 162 valence electrons. The Morgan fingerprint density at radius 1 is 1.00 bits per heavy atom. The topological polar surface area (TPSA) is 78.1 Å². The predicted molar refractivity (Wildman–Crippen MR) is 116 cm³/mol. The molecule has 0 atom stereocenters. The fourth-order valence-corrected chi connectivity index (χ4v) is 3.01. The summed E-state index contributed by atoms with van der Waals surface area (Å²) in [7, 11) is 0. The number of ether oxygens (including phenoxy) is 4. The van der Waals surface area contributed by atoms with Crippen LogP contribution in [0.4, 0.5) is 5.69 Å². The molecule has 0 aromatic heterocycles. The zero-order chi connectivity index (χ0) is 21.6. The van der Waals surface area contributed by atoms with E-state index in [0.717, 1.165) is 22.7 Å². The first-order valence-electron chi connectivity index (χ1n) is 10.2. The third-order valence-electron chi connectivity index (χ3n) is 4.22. The maximum Gasteiger partial charge on any atom is 0.258 e. The van der Waals surface area contributed by atoms with Crippen LogP contribution in [-0.4, -0.2) is 37.9 Å². The van der Waals surface area contributed by atoms with Crippen LogP contribution in [0.1, 0.15) is 33.3 Å². The second-order valence-corrected chi connectivity index (χ2v) is 8.01. The van der Waals surface area contributed by atoms with Crippen LogP contribution in [0.5, 0.6) is 23.0 Å². The van der Waals surface area contributed by atoms with Crippen molar-refractivity contribution < 1.29 is 23.7 Å². The summed E-state index contributed by atoms with van der Waals surface area (Å²) in [6.07, 6.45) is 0. The van der Waals surface area contributed by atoms with Gasteiger partial charge in [0.05, 0.1) is 6.61 Å². The number of rotatable bonds is 8. The van der Waals surface area contributed by atoms with E-state index >= 15 is 0 Å². The largest absolute Gasteiger partial charge is 0.490 e. The van der Waals surface area contributed by atoms with Crippen molar-refractivity contribution in [2.45, 2.75) is 39.8 Å². The fourth-order valence-electron chi connectivity index (χ4n) is 3.01. The van der Waals surface area contributed by atoms with Gasteiger partial charge in [-0.3, -0.25) is 4.79 Å². The molecule has 2 aromatic carbocycles. The van der Waals surface area contributed by atoms with Gasteiger partial charge in [0.2, 0.25) is 0 Å². The van der Waals surface area contributed by atoms with Crippen LogP contribution in [-0.2, 0) is 11.3 Å². The monoisotopic (exact) mass is 414 g/mol. The van der Waals surface area contributed by atoms with Crippen molar-refractivity contribution >= 4 is 11.6 Å². The number of carbonyl (C=O) groups is 1. The minimum atomic E-state index is -0.299. The fraction of sp³-hybridized carbons (Fsp3) is 0.435. The Kier molecular flexibility index (Phi) is 6.92. The standard InChI is InChI=1S/C23H30N2O5/c1-5-27-20-12-16(6-8-19(20)30-15-22(26)25-23(2,3)4)14-24-17-7-9-18-21(13-17)29-11-10-28-18/h6-9,12-13,24H,5,10-11,14-15H2,1-4H3,(H,25,26). The minimum absolute atomic E-state index is 0.0634. The van der Waals surface area contributed by atoms with Gasteiger partial charge in [-0.05, 0) is 57.5 Å². The molecule has 1 aliphatic rings. The van der Waals surface area contributed by atoms with E-state index in [9.17, 15) is 4.79 Å². The summed E-state index contributed by atoms with van der Waals surface area (Å²) in [5, 5.41) is 6.26. The van der Waals surface area contributed by atoms with E-state index in [1.165, 1.54) is 0 Å². The molecule has 3 rings (SSSR count). The van der Waals surface area contributed by atoms with Gasteiger partial charge in [0.1, 0.15) is 13.2 Å². The molecule has 0 fully saturated rings. The number of benzene rings is 2. The Balaban J connectivity index is 1.62. The van der Waals surface area contributed by atoms with Gasteiger partial charge in [0.15, 0.2) is 29.6 Å². The lowest BCUT2D eigenvalue weighted by Crippen LogP contribution is -2.43. The number of nitrogens with one attached hydrogen (secondary N) is 2. The van der Waals surface area contributed by atoms with E-state index in [-0.39, 0.29) is 18.1 Å². The van der Waals surface area contributed by atoms with Crippen molar-refractivity contribution in [1.29, 1.82) is 0 Å². The van der Waals surface area contributed by atoms with Crippen molar-refractivity contribution in [2.24, 2.45) is 0 Å². The highest BCUT2D eigenvalue weighted by Gasteiger charge is 2.16. The number of amides is 1. The van der Waals surface area contributed by atoms with Crippen LogP contribution in [0.3, 0.4) is 0 Å². The Labute approximate surface area is 177 Å². The third kappa shape index (κ3) is 6.20. The van der Waals surface area contributed by atoms with Gasteiger partial charge >= 0.3 is 0 Å². The van der Waals surface area contributed by atoms with Crippen molar-refractivity contribution in [3.8, 4) is 23.0 Å². The molecule has 7 nitrogen and oxygen atoms in total. The van der Waals surface area contributed by atoms with E-state index in [1.54, 1.807) is 0 Å². The molecule has 1 amide bonds. The molecule has 30 heavy (non-hydrogen) atoms. The van der Waals surface area contributed by atoms with Crippen LogP contribution in [0.15, 0.2) is 36.4 Å². The normalized spacial score (nSPS) is 12.8. The average molecular weight is 415 g/mol. The molecule has 2 aromatic rings. The molecule has 0 saturated heterocycles. The quantitative estimate of drug-likeness (QED) is 0.685. The van der Waals surface area contributed by atoms with Gasteiger partial charge < -0.3 is 29.6 Å². The van der Waals surface area contributed by atoms with E-state index in [1.807, 2.05) is 64.1 Å². The van der Waals surface area contributed by atoms with E-state index in [4.69, 9.17) is 18.9 Å². The molecule has 0 spiro atoms. The Hall–Kier alpha value is -3.09. The number of fused-ring (bicyclic) bond motifs is 1. The second-order valence-electron chi connectivity index (χ2n) is 8.01. The lowest BCUT2D eigenvalue weighted by atomic mass is 10.1. The highest BCUT2D eigenvalue weighted by molar-refractivity contribution is 5.78. The van der Waals surface area contributed by atoms with Crippen LogP contribution < -0.4 is 29.6 Å². The number of hydrogen-bond donors (Lipinski definition) is 2. The summed E-state index contributed by atoms with van der Waals surface area (Å²) in [5.74, 6) is 2.50. The summed E-state index contributed by atoms with van der Waals surface area (Å²) in [5.41, 5.74) is 1.67. The van der Waals surface area contributed by atoms with Crippen LogP contribution in [0, 0.1) is 0 Å². The minimum Gasteiger partial charge on any atom is -0.490 e. The predicted octanol–water partition coefficient (Wildman–Crippen LogP) is 3.76. The molecule has 2 N–H and O–H groups in total. The van der Waals surface area contributed by atoms with E-state index < -0.39 is 0 Å². The number of carbonyl (C=O) groups excluding carboxylic acids is 1. The zero-order valence-corrected chi connectivity index (χ0v) is 18.0. The van der Waals surface area contributed by atoms with Gasteiger partial charge in [0.25, 0.3) is 5.91 Å². The molecular weight excluding hydrogens is 384 g/mol. The van der Waals surface area contributed by atoms with Gasteiger partial charge in [0, 0.05) is 23.8 Å². The van der Waals surface area contributed by atoms with Gasteiger partial charge in [-0.2, -0.15) is 0 Å². The summed E-state index contributed by atoms with van der Waals surface area (Å²) in [4.78, 5) is 12.0. The first kappa shape index (κ1) is 21.6. The smallest absolute Gasteiger partial charge is 0.258 e.